The Bertz CT molecular complexity index is 1140. The number of ether oxygens (including phenoxy) is 3. The summed E-state index contributed by atoms with van der Waals surface area (Å²) in [6, 6.07) is 31.9. The van der Waals surface area contributed by atoms with Crippen molar-refractivity contribution in [3.63, 3.8) is 0 Å². The van der Waals surface area contributed by atoms with Crippen molar-refractivity contribution in [3.05, 3.63) is 108 Å². The van der Waals surface area contributed by atoms with Gasteiger partial charge in [0.1, 0.15) is 23.0 Å². The Balaban J connectivity index is 1.48. The third-order valence-electron chi connectivity index (χ3n) is 5.19. The summed E-state index contributed by atoms with van der Waals surface area (Å²) in [6.07, 6.45) is 0. The predicted octanol–water partition coefficient (Wildman–Crippen LogP) is 6.53. The van der Waals surface area contributed by atoms with Crippen molar-refractivity contribution in [2.75, 3.05) is 19.5 Å². The maximum atomic E-state index is 6.15. The van der Waals surface area contributed by atoms with Gasteiger partial charge in [-0.1, -0.05) is 54.6 Å². The van der Waals surface area contributed by atoms with Crippen LogP contribution in [0.1, 0.15) is 11.1 Å². The van der Waals surface area contributed by atoms with E-state index in [1.165, 1.54) is 5.56 Å². The molecule has 0 spiro atoms. The molecular formula is C28H28N2O3. The summed E-state index contributed by atoms with van der Waals surface area (Å²) in [5.41, 5.74) is 4.13. The Morgan fingerprint density at radius 3 is 1.91 bits per heavy atom. The maximum Gasteiger partial charge on any atom is 0.134 e. The number of rotatable bonds is 10. The van der Waals surface area contributed by atoms with Gasteiger partial charge in [0.15, 0.2) is 0 Å². The van der Waals surface area contributed by atoms with Crippen LogP contribution in [0.15, 0.2) is 97.1 Å². The first-order valence-electron chi connectivity index (χ1n) is 10.8. The van der Waals surface area contributed by atoms with E-state index in [-0.39, 0.29) is 0 Å². The lowest BCUT2D eigenvalue weighted by atomic mass is 10.1. The summed E-state index contributed by atoms with van der Waals surface area (Å²) in [6.45, 7) is 1.37. The molecule has 0 radical (unpaired) electrons. The van der Waals surface area contributed by atoms with Crippen molar-refractivity contribution < 1.29 is 14.2 Å². The second-order valence-electron chi connectivity index (χ2n) is 7.52. The van der Waals surface area contributed by atoms with Crippen LogP contribution in [0, 0.1) is 0 Å². The van der Waals surface area contributed by atoms with Crippen molar-refractivity contribution >= 4 is 11.4 Å². The molecule has 0 aliphatic carbocycles. The first-order valence-corrected chi connectivity index (χ1v) is 10.8. The highest BCUT2D eigenvalue weighted by atomic mass is 16.5. The molecular weight excluding hydrogens is 412 g/mol. The molecule has 4 aromatic carbocycles. The Morgan fingerprint density at radius 1 is 0.606 bits per heavy atom. The summed E-state index contributed by atoms with van der Waals surface area (Å²) in [5, 5.41) is 6.84. The van der Waals surface area contributed by atoms with Crippen LogP contribution in [0.3, 0.4) is 0 Å². The molecule has 0 fully saturated rings. The second kappa shape index (κ2) is 11.1. The van der Waals surface area contributed by atoms with Crippen LogP contribution in [-0.2, 0) is 13.1 Å². The van der Waals surface area contributed by atoms with Crippen LogP contribution >= 0.6 is 0 Å². The lowest BCUT2D eigenvalue weighted by molar-refractivity contribution is 0.375. The van der Waals surface area contributed by atoms with Crippen molar-refractivity contribution in [2.45, 2.75) is 13.1 Å². The highest BCUT2D eigenvalue weighted by Crippen LogP contribution is 2.36. The normalized spacial score (nSPS) is 10.5. The van der Waals surface area contributed by atoms with Gasteiger partial charge in [0.05, 0.1) is 19.8 Å². The summed E-state index contributed by atoms with van der Waals surface area (Å²) in [7, 11) is 3.31. The smallest absolute Gasteiger partial charge is 0.134 e. The Kier molecular flexibility index (Phi) is 7.46. The number of methoxy groups -OCH3 is 2. The third kappa shape index (κ3) is 6.05. The fourth-order valence-electron chi connectivity index (χ4n) is 3.58. The van der Waals surface area contributed by atoms with Crippen molar-refractivity contribution in [1.29, 1.82) is 0 Å². The zero-order valence-corrected chi connectivity index (χ0v) is 18.9. The number of hydrogen-bond donors (Lipinski definition) is 2. The summed E-state index contributed by atoms with van der Waals surface area (Å²) < 4.78 is 17.5. The molecule has 0 unspecified atom stereocenters. The molecule has 0 aliphatic heterocycles. The molecule has 4 rings (SSSR count). The average molecular weight is 441 g/mol. The van der Waals surface area contributed by atoms with Crippen LogP contribution in [0.5, 0.6) is 23.0 Å². The van der Waals surface area contributed by atoms with Crippen LogP contribution < -0.4 is 24.8 Å². The molecule has 0 bridgehead atoms. The minimum absolute atomic E-state index is 0.609. The summed E-state index contributed by atoms with van der Waals surface area (Å²) in [5.74, 6) is 2.79. The molecule has 0 saturated heterocycles. The van der Waals surface area contributed by atoms with Gasteiger partial charge in [0, 0.05) is 42.7 Å². The summed E-state index contributed by atoms with van der Waals surface area (Å²) >= 11 is 0. The number of nitrogens with one attached hydrogen (secondary N) is 2. The SMILES string of the molecule is COc1cc(Oc2cccc(Nc3ccccc3)c2)cc(OC)c1CNCc1ccccc1. The quantitative estimate of drug-likeness (QED) is 0.294. The first-order chi connectivity index (χ1) is 16.2. The maximum absolute atomic E-state index is 6.15. The van der Waals surface area contributed by atoms with E-state index in [1.807, 2.05) is 84.9 Å². The Morgan fingerprint density at radius 2 is 1.24 bits per heavy atom. The fraction of sp³-hybridized carbons (Fsp3) is 0.143. The van der Waals surface area contributed by atoms with Gasteiger partial charge in [-0.2, -0.15) is 0 Å². The average Bonchev–Trinajstić information content (AvgIpc) is 2.86. The number of hydrogen-bond acceptors (Lipinski definition) is 5. The number of para-hydroxylation sites is 1. The molecule has 33 heavy (non-hydrogen) atoms. The molecule has 5 nitrogen and oxygen atoms in total. The van der Waals surface area contributed by atoms with Crippen molar-refractivity contribution in [3.8, 4) is 23.0 Å². The third-order valence-corrected chi connectivity index (χ3v) is 5.19. The number of benzene rings is 4. The molecule has 0 aliphatic rings. The van der Waals surface area contributed by atoms with Gasteiger partial charge in [-0.15, -0.1) is 0 Å². The molecule has 2 N–H and O–H groups in total. The van der Waals surface area contributed by atoms with E-state index in [0.29, 0.717) is 23.8 Å². The topological polar surface area (TPSA) is 51.8 Å². The van der Waals surface area contributed by atoms with Crippen LogP contribution in [0.2, 0.25) is 0 Å². The highest BCUT2D eigenvalue weighted by molar-refractivity contribution is 5.61. The van der Waals surface area contributed by atoms with E-state index < -0.39 is 0 Å². The molecule has 5 heteroatoms. The molecule has 0 atom stereocenters. The van der Waals surface area contributed by atoms with E-state index in [1.54, 1.807) is 14.2 Å². The molecule has 0 amide bonds. The molecule has 4 aromatic rings. The van der Waals surface area contributed by atoms with Crippen molar-refractivity contribution in [1.82, 2.24) is 5.32 Å². The van der Waals surface area contributed by atoms with E-state index in [2.05, 4.69) is 22.8 Å². The fourth-order valence-corrected chi connectivity index (χ4v) is 3.58. The van der Waals surface area contributed by atoms with Gasteiger partial charge in [-0.05, 0) is 29.8 Å². The van der Waals surface area contributed by atoms with E-state index in [9.17, 15) is 0 Å². The zero-order chi connectivity index (χ0) is 22.9. The Hall–Kier alpha value is -3.96. The first kappa shape index (κ1) is 22.2. The molecule has 0 aromatic heterocycles. The van der Waals surface area contributed by atoms with E-state index >= 15 is 0 Å². The van der Waals surface area contributed by atoms with Gasteiger partial charge in [0.25, 0.3) is 0 Å². The largest absolute Gasteiger partial charge is 0.496 e. The number of anilines is 2. The second-order valence-corrected chi connectivity index (χ2v) is 7.52. The molecule has 0 saturated carbocycles. The standard InChI is InChI=1S/C28H28N2O3/c1-31-27-17-25(18-28(32-2)26(27)20-29-19-21-10-5-3-6-11-21)33-24-15-9-14-23(16-24)30-22-12-7-4-8-13-22/h3-18,29-30H,19-20H2,1-2H3. The van der Waals surface area contributed by atoms with Gasteiger partial charge in [-0.25, -0.2) is 0 Å². The van der Waals surface area contributed by atoms with Crippen LogP contribution in [0.4, 0.5) is 11.4 Å². The lowest BCUT2D eigenvalue weighted by Gasteiger charge is -2.17. The molecule has 168 valence electrons. The molecule has 0 heterocycles. The minimum atomic E-state index is 0.609. The van der Waals surface area contributed by atoms with Gasteiger partial charge >= 0.3 is 0 Å². The monoisotopic (exact) mass is 440 g/mol. The zero-order valence-electron chi connectivity index (χ0n) is 18.9. The van der Waals surface area contributed by atoms with Gasteiger partial charge < -0.3 is 24.8 Å². The van der Waals surface area contributed by atoms with Crippen LogP contribution in [-0.4, -0.2) is 14.2 Å². The van der Waals surface area contributed by atoms with Gasteiger partial charge in [-0.3, -0.25) is 0 Å². The lowest BCUT2D eigenvalue weighted by Crippen LogP contribution is -2.14. The van der Waals surface area contributed by atoms with Crippen LogP contribution in [0.25, 0.3) is 0 Å². The highest BCUT2D eigenvalue weighted by Gasteiger charge is 2.14. The van der Waals surface area contributed by atoms with E-state index in [0.717, 1.165) is 29.2 Å². The van der Waals surface area contributed by atoms with Crippen molar-refractivity contribution in [2.24, 2.45) is 0 Å². The Labute approximate surface area is 195 Å². The summed E-state index contributed by atoms with van der Waals surface area (Å²) in [4.78, 5) is 0. The predicted molar refractivity (Wildman–Crippen MR) is 133 cm³/mol. The van der Waals surface area contributed by atoms with Gasteiger partial charge in [0.2, 0.25) is 0 Å². The minimum Gasteiger partial charge on any atom is -0.496 e. The van der Waals surface area contributed by atoms with E-state index in [4.69, 9.17) is 14.2 Å².